The average Bonchev–Trinajstić information content (AvgIpc) is 2.81. The zero-order valence-corrected chi connectivity index (χ0v) is 12.8. The second-order valence-electron chi connectivity index (χ2n) is 6.84. The third-order valence-corrected chi connectivity index (χ3v) is 4.37. The van der Waals surface area contributed by atoms with Crippen LogP contribution in [0.15, 0.2) is 0 Å². The molecule has 4 heteroatoms. The summed E-state index contributed by atoms with van der Waals surface area (Å²) in [6, 6.07) is 0.528. The summed E-state index contributed by atoms with van der Waals surface area (Å²) in [6.07, 6.45) is 1.15. The van der Waals surface area contributed by atoms with Gasteiger partial charge in [0.1, 0.15) is 0 Å². The van der Waals surface area contributed by atoms with E-state index in [1.807, 2.05) is 20.8 Å². The molecule has 2 saturated heterocycles. The molecule has 0 radical (unpaired) electrons. The predicted octanol–water partition coefficient (Wildman–Crippen LogP) is 1.60. The highest BCUT2D eigenvalue weighted by Crippen LogP contribution is 2.29. The normalized spacial score (nSPS) is 29.8. The van der Waals surface area contributed by atoms with Crippen molar-refractivity contribution >= 4 is 5.91 Å². The maximum Gasteiger partial charge on any atom is 0.228 e. The Morgan fingerprint density at radius 2 is 1.84 bits per heavy atom. The third kappa shape index (κ3) is 3.29. The Morgan fingerprint density at radius 1 is 1.21 bits per heavy atom. The van der Waals surface area contributed by atoms with E-state index in [0.29, 0.717) is 17.9 Å². The van der Waals surface area contributed by atoms with Crippen LogP contribution < -0.4 is 0 Å². The Balaban J connectivity index is 2.03. The van der Waals surface area contributed by atoms with E-state index in [0.717, 1.165) is 45.8 Å². The summed E-state index contributed by atoms with van der Waals surface area (Å²) in [6.45, 7) is 13.8. The van der Waals surface area contributed by atoms with Gasteiger partial charge in [0.05, 0.1) is 13.2 Å². The van der Waals surface area contributed by atoms with Crippen molar-refractivity contribution in [3.8, 4) is 0 Å². The molecular formula is C15H28N2O2. The Bertz CT molecular complexity index is 319. The fourth-order valence-electron chi connectivity index (χ4n) is 3.22. The molecule has 0 aromatic rings. The summed E-state index contributed by atoms with van der Waals surface area (Å²) >= 11 is 0. The molecule has 2 aliphatic heterocycles. The Hall–Kier alpha value is -0.610. The van der Waals surface area contributed by atoms with Gasteiger partial charge in [0.15, 0.2) is 0 Å². The highest BCUT2D eigenvalue weighted by molar-refractivity contribution is 5.81. The molecule has 1 amide bonds. The van der Waals surface area contributed by atoms with Crippen LogP contribution in [0, 0.1) is 11.3 Å². The quantitative estimate of drug-likeness (QED) is 0.762. The van der Waals surface area contributed by atoms with Gasteiger partial charge in [0.2, 0.25) is 5.91 Å². The van der Waals surface area contributed by atoms with Gasteiger partial charge in [-0.3, -0.25) is 9.69 Å². The van der Waals surface area contributed by atoms with Gasteiger partial charge in [0.25, 0.3) is 0 Å². The maximum atomic E-state index is 12.4. The van der Waals surface area contributed by atoms with Gasteiger partial charge in [-0.15, -0.1) is 0 Å². The van der Waals surface area contributed by atoms with E-state index in [-0.39, 0.29) is 5.41 Å². The number of rotatable bonds is 2. The molecule has 19 heavy (non-hydrogen) atoms. The van der Waals surface area contributed by atoms with E-state index < -0.39 is 0 Å². The minimum atomic E-state index is -0.266. The number of morpholine rings is 1. The number of carbonyl (C=O) groups is 1. The van der Waals surface area contributed by atoms with Crippen molar-refractivity contribution in [2.24, 2.45) is 11.3 Å². The van der Waals surface area contributed by atoms with Gasteiger partial charge in [-0.05, 0) is 5.92 Å². The van der Waals surface area contributed by atoms with Crippen molar-refractivity contribution in [2.75, 3.05) is 39.4 Å². The molecule has 0 saturated carbocycles. The van der Waals surface area contributed by atoms with Gasteiger partial charge >= 0.3 is 0 Å². The number of hydrogen-bond donors (Lipinski definition) is 0. The minimum absolute atomic E-state index is 0.266. The molecule has 0 bridgehead atoms. The Labute approximate surface area is 117 Å². The largest absolute Gasteiger partial charge is 0.379 e. The van der Waals surface area contributed by atoms with E-state index in [1.54, 1.807) is 0 Å². The topological polar surface area (TPSA) is 32.8 Å². The molecule has 0 spiro atoms. The van der Waals surface area contributed by atoms with Crippen molar-refractivity contribution < 1.29 is 9.53 Å². The van der Waals surface area contributed by atoms with Gasteiger partial charge in [0, 0.05) is 37.6 Å². The minimum Gasteiger partial charge on any atom is -0.379 e. The van der Waals surface area contributed by atoms with Crippen LogP contribution in [-0.2, 0) is 9.53 Å². The Morgan fingerprint density at radius 3 is 2.37 bits per heavy atom. The van der Waals surface area contributed by atoms with E-state index in [1.165, 1.54) is 0 Å². The van der Waals surface area contributed by atoms with Crippen LogP contribution in [-0.4, -0.2) is 61.1 Å². The molecule has 2 unspecified atom stereocenters. The number of amides is 1. The van der Waals surface area contributed by atoms with E-state index in [4.69, 9.17) is 4.74 Å². The number of nitrogens with zero attached hydrogens (tertiary/aromatic N) is 2. The van der Waals surface area contributed by atoms with Crippen LogP contribution in [0.25, 0.3) is 0 Å². The highest BCUT2D eigenvalue weighted by Gasteiger charge is 2.40. The predicted molar refractivity (Wildman–Crippen MR) is 76.0 cm³/mol. The monoisotopic (exact) mass is 268 g/mol. The van der Waals surface area contributed by atoms with Crippen LogP contribution in [0.2, 0.25) is 0 Å². The average molecular weight is 268 g/mol. The smallest absolute Gasteiger partial charge is 0.228 e. The lowest BCUT2D eigenvalue weighted by Gasteiger charge is -2.34. The second kappa shape index (κ2) is 5.80. The summed E-state index contributed by atoms with van der Waals surface area (Å²) in [5.41, 5.74) is -0.266. The third-order valence-electron chi connectivity index (χ3n) is 4.37. The molecule has 2 aliphatic rings. The van der Waals surface area contributed by atoms with E-state index in [9.17, 15) is 4.79 Å². The number of ether oxygens (including phenoxy) is 1. The van der Waals surface area contributed by atoms with Crippen molar-refractivity contribution in [1.82, 2.24) is 9.80 Å². The van der Waals surface area contributed by atoms with Crippen LogP contribution in [0.4, 0.5) is 0 Å². The van der Waals surface area contributed by atoms with Gasteiger partial charge in [-0.1, -0.05) is 34.1 Å². The van der Waals surface area contributed by atoms with Gasteiger partial charge in [-0.2, -0.15) is 0 Å². The summed E-state index contributed by atoms with van der Waals surface area (Å²) in [7, 11) is 0. The van der Waals surface area contributed by atoms with Gasteiger partial charge < -0.3 is 9.64 Å². The molecule has 2 fully saturated rings. The molecule has 4 nitrogen and oxygen atoms in total. The summed E-state index contributed by atoms with van der Waals surface area (Å²) in [5, 5.41) is 0. The molecule has 0 N–H and O–H groups in total. The first-order valence-electron chi connectivity index (χ1n) is 7.54. The first-order valence-corrected chi connectivity index (χ1v) is 7.54. The molecular weight excluding hydrogens is 240 g/mol. The van der Waals surface area contributed by atoms with Crippen LogP contribution in [0.3, 0.4) is 0 Å². The summed E-state index contributed by atoms with van der Waals surface area (Å²) in [4.78, 5) is 17.0. The lowest BCUT2D eigenvalue weighted by molar-refractivity contribution is -0.138. The Kier molecular flexibility index (Phi) is 4.51. The van der Waals surface area contributed by atoms with Gasteiger partial charge in [-0.25, -0.2) is 0 Å². The molecule has 110 valence electrons. The fourth-order valence-corrected chi connectivity index (χ4v) is 3.22. The molecule has 2 rings (SSSR count). The summed E-state index contributed by atoms with van der Waals surface area (Å²) in [5.74, 6) is 0.908. The zero-order chi connectivity index (χ0) is 14.0. The number of carbonyl (C=O) groups excluding carboxylic acids is 1. The van der Waals surface area contributed by atoms with Crippen LogP contribution >= 0.6 is 0 Å². The van der Waals surface area contributed by atoms with Crippen LogP contribution in [0.1, 0.15) is 34.1 Å². The van der Waals surface area contributed by atoms with E-state index >= 15 is 0 Å². The number of likely N-dealkylation sites (tertiary alicyclic amines) is 1. The highest BCUT2D eigenvalue weighted by atomic mass is 16.5. The first-order chi connectivity index (χ1) is 8.93. The first kappa shape index (κ1) is 14.8. The SMILES string of the molecule is CCC1CN(C(=O)C(C)(C)C)CC1N1CCOCC1. The van der Waals surface area contributed by atoms with Crippen molar-refractivity contribution in [1.29, 1.82) is 0 Å². The molecule has 0 aliphatic carbocycles. The fraction of sp³-hybridized carbons (Fsp3) is 0.933. The van der Waals surface area contributed by atoms with Crippen molar-refractivity contribution in [3.05, 3.63) is 0 Å². The molecule has 0 aromatic heterocycles. The van der Waals surface area contributed by atoms with Crippen molar-refractivity contribution in [3.63, 3.8) is 0 Å². The van der Waals surface area contributed by atoms with Crippen molar-refractivity contribution in [2.45, 2.75) is 40.2 Å². The zero-order valence-electron chi connectivity index (χ0n) is 12.8. The second-order valence-corrected chi connectivity index (χ2v) is 6.84. The molecule has 0 aromatic carbocycles. The summed E-state index contributed by atoms with van der Waals surface area (Å²) < 4.78 is 5.43. The maximum absolute atomic E-state index is 12.4. The standard InChI is InChI=1S/C15H28N2O2/c1-5-12-10-17(14(18)15(2,3)4)11-13(12)16-6-8-19-9-7-16/h12-13H,5-11H2,1-4H3. The lowest BCUT2D eigenvalue weighted by Crippen LogP contribution is -2.47. The lowest BCUT2D eigenvalue weighted by atomic mass is 9.95. The molecule has 2 atom stereocenters. The number of hydrogen-bond acceptors (Lipinski definition) is 3. The van der Waals surface area contributed by atoms with Crippen LogP contribution in [0.5, 0.6) is 0 Å². The van der Waals surface area contributed by atoms with E-state index in [2.05, 4.69) is 16.7 Å². The molecule has 2 heterocycles.